The lowest BCUT2D eigenvalue weighted by Gasteiger charge is -2.36. The maximum Gasteiger partial charge on any atom is 0.251 e. The van der Waals surface area contributed by atoms with Crippen molar-refractivity contribution in [3.63, 3.8) is 0 Å². The Kier molecular flexibility index (Phi) is 8.81. The van der Waals surface area contributed by atoms with Crippen LogP contribution in [0.25, 0.3) is 22.6 Å². The number of H-pyrrole nitrogens is 1. The average molecular weight is 609 g/mol. The number of methoxy groups -OCH3 is 1. The largest absolute Gasteiger partial charge is 0.497 e. The van der Waals surface area contributed by atoms with Crippen LogP contribution in [0.15, 0.2) is 91.1 Å². The third kappa shape index (κ3) is 7.17. The van der Waals surface area contributed by atoms with E-state index in [1.165, 1.54) is 12.1 Å². The van der Waals surface area contributed by atoms with Gasteiger partial charge in [-0.1, -0.05) is 37.3 Å². The first-order valence-electron chi connectivity index (χ1n) is 14.5. The average Bonchev–Trinajstić information content (AvgIpc) is 3.53. The molecule has 0 aliphatic carbocycles. The minimum Gasteiger partial charge on any atom is -0.497 e. The molecule has 1 aliphatic rings. The van der Waals surface area contributed by atoms with Gasteiger partial charge in [-0.25, -0.2) is 19.3 Å². The Bertz CT molecular complexity index is 1740. The van der Waals surface area contributed by atoms with Crippen LogP contribution in [0, 0.1) is 11.2 Å². The number of aromatic nitrogens is 4. The van der Waals surface area contributed by atoms with Gasteiger partial charge in [0.15, 0.2) is 5.82 Å². The fourth-order valence-corrected chi connectivity index (χ4v) is 4.90. The number of nitrogens with zero attached hydrogens (tertiary/aromatic N) is 3. The second-order valence-electron chi connectivity index (χ2n) is 11.1. The quantitative estimate of drug-likeness (QED) is 0.183. The minimum absolute atomic E-state index is 0.152. The predicted molar refractivity (Wildman–Crippen MR) is 167 cm³/mol. The van der Waals surface area contributed by atoms with Gasteiger partial charge in [0.2, 0.25) is 12.2 Å². The summed E-state index contributed by atoms with van der Waals surface area (Å²) in [5.41, 5.74) is 3.67. The van der Waals surface area contributed by atoms with E-state index in [2.05, 4.69) is 20.6 Å². The van der Waals surface area contributed by atoms with Crippen molar-refractivity contribution in [2.45, 2.75) is 19.8 Å². The Morgan fingerprint density at radius 2 is 1.73 bits per heavy atom. The van der Waals surface area contributed by atoms with E-state index in [0.717, 1.165) is 11.3 Å². The van der Waals surface area contributed by atoms with Crippen LogP contribution in [0.4, 0.5) is 10.3 Å². The topological polar surface area (TPSA) is 123 Å². The van der Waals surface area contributed by atoms with Crippen molar-refractivity contribution >= 4 is 11.9 Å². The van der Waals surface area contributed by atoms with Crippen molar-refractivity contribution in [1.82, 2.24) is 25.3 Å². The van der Waals surface area contributed by atoms with Crippen LogP contribution in [0.3, 0.4) is 0 Å². The Morgan fingerprint density at radius 3 is 2.44 bits per heavy atom. The van der Waals surface area contributed by atoms with E-state index in [0.29, 0.717) is 66.3 Å². The van der Waals surface area contributed by atoms with Crippen molar-refractivity contribution in [1.29, 1.82) is 0 Å². The zero-order chi connectivity index (χ0) is 31.2. The van der Waals surface area contributed by atoms with Crippen molar-refractivity contribution in [2.75, 3.05) is 32.2 Å². The highest BCUT2D eigenvalue weighted by Gasteiger charge is 2.35. The van der Waals surface area contributed by atoms with Gasteiger partial charge in [0, 0.05) is 35.8 Å². The molecule has 3 heterocycles. The van der Waals surface area contributed by atoms with E-state index in [9.17, 15) is 9.18 Å². The molecule has 0 radical (unpaired) electrons. The van der Waals surface area contributed by atoms with Gasteiger partial charge in [-0.2, -0.15) is 0 Å². The molecule has 0 spiro atoms. The van der Waals surface area contributed by atoms with Crippen LogP contribution in [0.5, 0.6) is 5.75 Å². The summed E-state index contributed by atoms with van der Waals surface area (Å²) in [6.45, 7) is 3.56. The first kappa shape index (κ1) is 29.9. The molecule has 0 saturated carbocycles. The number of hydrogen-bond donors (Lipinski definition) is 3. The summed E-state index contributed by atoms with van der Waals surface area (Å²) in [6, 6.07) is 24.7. The number of imidazole rings is 1. The molecular weight excluding hydrogens is 575 g/mol. The Labute approximate surface area is 260 Å². The summed E-state index contributed by atoms with van der Waals surface area (Å²) in [7, 11) is 1.63. The molecule has 3 aromatic carbocycles. The van der Waals surface area contributed by atoms with Crippen molar-refractivity contribution in [3.05, 3.63) is 114 Å². The number of amides is 1. The molecule has 2 aromatic heterocycles. The molecule has 0 atom stereocenters. The highest BCUT2D eigenvalue weighted by molar-refractivity contribution is 5.94. The molecule has 10 nitrogen and oxygen atoms in total. The number of hydrogen-bond acceptors (Lipinski definition) is 8. The van der Waals surface area contributed by atoms with Gasteiger partial charge in [-0.15, -0.1) is 0 Å². The molecule has 5 aromatic rings. The lowest BCUT2D eigenvalue weighted by atomic mass is 9.92. The van der Waals surface area contributed by atoms with Gasteiger partial charge < -0.3 is 29.8 Å². The van der Waals surface area contributed by atoms with E-state index in [1.54, 1.807) is 43.6 Å². The molecule has 1 fully saturated rings. The Morgan fingerprint density at radius 1 is 1.00 bits per heavy atom. The van der Waals surface area contributed by atoms with Crippen molar-refractivity contribution in [2.24, 2.45) is 5.41 Å². The fraction of sp³-hybridized carbons (Fsp3) is 0.235. The normalized spacial score (nSPS) is 17.9. The number of ether oxygens (including phenoxy) is 3. The molecule has 1 aliphatic heterocycles. The molecule has 1 amide bonds. The van der Waals surface area contributed by atoms with Gasteiger partial charge in [-0.3, -0.25) is 4.79 Å². The van der Waals surface area contributed by atoms with E-state index >= 15 is 0 Å². The van der Waals surface area contributed by atoms with Gasteiger partial charge in [-0.05, 0) is 60.2 Å². The SMILES string of the molecule is COc1ccc(CNc2nccc(-c3[nH]c(C4OCC(C)(CNC(=O)c5ccccc5)CO4)nc3-c3ccc(F)cc3)n2)cc1. The Hall–Kier alpha value is -5.13. The lowest BCUT2D eigenvalue weighted by Crippen LogP contribution is -2.45. The van der Waals surface area contributed by atoms with Crippen LogP contribution in [-0.2, 0) is 16.0 Å². The van der Waals surface area contributed by atoms with Crippen molar-refractivity contribution < 1.29 is 23.4 Å². The highest BCUT2D eigenvalue weighted by Crippen LogP contribution is 2.35. The number of anilines is 1. The summed E-state index contributed by atoms with van der Waals surface area (Å²) < 4.78 is 31.3. The number of rotatable bonds is 10. The zero-order valence-electron chi connectivity index (χ0n) is 24.9. The number of benzene rings is 3. The molecular formula is C34H33FN6O4. The van der Waals surface area contributed by atoms with E-state index in [-0.39, 0.29) is 11.7 Å². The Balaban J connectivity index is 1.19. The second kappa shape index (κ2) is 13.2. The van der Waals surface area contributed by atoms with Crippen LogP contribution in [0.1, 0.15) is 35.0 Å². The van der Waals surface area contributed by atoms with E-state index in [4.69, 9.17) is 24.2 Å². The van der Waals surface area contributed by atoms with Crippen LogP contribution in [-0.4, -0.2) is 52.7 Å². The molecule has 0 unspecified atom stereocenters. The standard InChI is InChI=1S/C34H33FN6O4/c1-34(19-38-31(42)24-6-4-3-5-7-24)20-44-32(45-21-34)30-40-28(23-10-12-25(35)13-11-23)29(41-30)27-16-17-36-33(39-27)37-18-22-8-14-26(43-2)15-9-22/h3-17,32H,18-21H2,1-2H3,(H,38,42)(H,40,41)(H,36,37,39). The summed E-state index contributed by atoms with van der Waals surface area (Å²) in [4.78, 5) is 29.8. The first-order valence-corrected chi connectivity index (χ1v) is 14.5. The number of carbonyl (C=O) groups is 1. The molecule has 11 heteroatoms. The smallest absolute Gasteiger partial charge is 0.251 e. The maximum atomic E-state index is 13.8. The van der Waals surface area contributed by atoms with E-state index in [1.807, 2.05) is 49.4 Å². The monoisotopic (exact) mass is 608 g/mol. The zero-order valence-corrected chi connectivity index (χ0v) is 24.9. The summed E-state index contributed by atoms with van der Waals surface area (Å²) in [6.07, 6.45) is 0.890. The van der Waals surface area contributed by atoms with Crippen molar-refractivity contribution in [3.8, 4) is 28.4 Å². The molecule has 3 N–H and O–H groups in total. The van der Waals surface area contributed by atoms with Gasteiger partial charge in [0.25, 0.3) is 5.91 Å². The predicted octanol–water partition coefficient (Wildman–Crippen LogP) is 5.78. The number of aromatic amines is 1. The van der Waals surface area contributed by atoms with Gasteiger partial charge in [0.05, 0.1) is 37.4 Å². The van der Waals surface area contributed by atoms with Crippen LogP contribution < -0.4 is 15.4 Å². The van der Waals surface area contributed by atoms with E-state index < -0.39 is 11.7 Å². The fourth-order valence-electron chi connectivity index (χ4n) is 4.90. The molecule has 6 rings (SSSR count). The summed E-state index contributed by atoms with van der Waals surface area (Å²) in [5.74, 6) is 1.17. The maximum absolute atomic E-state index is 13.8. The third-order valence-electron chi connectivity index (χ3n) is 7.46. The molecule has 0 bridgehead atoms. The minimum atomic E-state index is -0.773. The summed E-state index contributed by atoms with van der Waals surface area (Å²) >= 11 is 0. The van der Waals surface area contributed by atoms with Gasteiger partial charge >= 0.3 is 0 Å². The number of carbonyl (C=O) groups excluding carboxylic acids is 1. The van der Waals surface area contributed by atoms with Crippen LogP contribution >= 0.6 is 0 Å². The second-order valence-corrected chi connectivity index (χ2v) is 11.1. The number of nitrogens with one attached hydrogen (secondary N) is 3. The molecule has 230 valence electrons. The molecule has 1 saturated heterocycles. The lowest BCUT2D eigenvalue weighted by molar-refractivity contribution is -0.231. The number of halogens is 1. The first-order chi connectivity index (χ1) is 21.9. The highest BCUT2D eigenvalue weighted by atomic mass is 19.1. The third-order valence-corrected chi connectivity index (χ3v) is 7.46. The molecule has 45 heavy (non-hydrogen) atoms. The van der Waals surface area contributed by atoms with Crippen LogP contribution in [0.2, 0.25) is 0 Å². The van der Waals surface area contributed by atoms with Gasteiger partial charge in [0.1, 0.15) is 11.6 Å². The summed E-state index contributed by atoms with van der Waals surface area (Å²) in [5, 5.41) is 6.24.